The average Bonchev–Trinajstić information content (AvgIpc) is 3.07. The maximum Gasteiger partial charge on any atom is 0.288 e. The highest BCUT2D eigenvalue weighted by molar-refractivity contribution is 7.99. The van der Waals surface area contributed by atoms with Crippen LogP contribution in [0.3, 0.4) is 0 Å². The van der Waals surface area contributed by atoms with Crippen LogP contribution in [0.5, 0.6) is 0 Å². The summed E-state index contributed by atoms with van der Waals surface area (Å²) in [5, 5.41) is 9.04. The van der Waals surface area contributed by atoms with Gasteiger partial charge in [-0.15, -0.1) is 11.3 Å². The Morgan fingerprint density at radius 2 is 2.43 bits per heavy atom. The highest BCUT2D eigenvalue weighted by Crippen LogP contribution is 2.38. The predicted molar refractivity (Wildman–Crippen MR) is 77.7 cm³/mol. The molecule has 21 heavy (non-hydrogen) atoms. The molecule has 5 nitrogen and oxygen atoms in total. The molecule has 3 rings (SSSR count). The largest absolute Gasteiger partial charge is 0.333 e. The zero-order chi connectivity index (χ0) is 14.8. The van der Waals surface area contributed by atoms with Gasteiger partial charge in [-0.2, -0.15) is 13.8 Å². The van der Waals surface area contributed by atoms with E-state index in [0.29, 0.717) is 33.2 Å². The van der Waals surface area contributed by atoms with Crippen LogP contribution in [0.1, 0.15) is 11.9 Å². The monoisotopic (exact) mass is 332 g/mol. The first-order valence-electron chi connectivity index (χ1n) is 6.42. The Bertz CT molecular complexity index is 604. The Morgan fingerprint density at radius 1 is 1.57 bits per heavy atom. The van der Waals surface area contributed by atoms with Crippen LogP contribution in [0, 0.1) is 0 Å². The van der Waals surface area contributed by atoms with Crippen LogP contribution in [-0.4, -0.2) is 47.5 Å². The number of rotatable bonds is 4. The molecule has 0 radical (unpaired) electrons. The van der Waals surface area contributed by atoms with Gasteiger partial charge in [-0.25, -0.2) is 0 Å². The summed E-state index contributed by atoms with van der Waals surface area (Å²) in [7, 11) is 2.00. The molecule has 1 aliphatic rings. The zero-order valence-electron chi connectivity index (χ0n) is 11.3. The maximum atomic E-state index is 12.5. The van der Waals surface area contributed by atoms with Crippen LogP contribution in [0.15, 0.2) is 20.9 Å². The lowest BCUT2D eigenvalue weighted by atomic mass is 10.2. The highest BCUT2D eigenvalue weighted by atomic mass is 32.2. The zero-order valence-corrected chi connectivity index (χ0v) is 12.9. The lowest BCUT2D eigenvalue weighted by Gasteiger charge is -2.30. The molecule has 2 aromatic heterocycles. The maximum absolute atomic E-state index is 12.5. The van der Waals surface area contributed by atoms with Gasteiger partial charge in [-0.1, -0.05) is 16.9 Å². The minimum atomic E-state index is -2.46. The van der Waals surface area contributed by atoms with E-state index in [4.69, 9.17) is 4.52 Å². The van der Waals surface area contributed by atoms with Gasteiger partial charge in [-0.05, 0) is 18.5 Å². The number of aromatic nitrogens is 2. The summed E-state index contributed by atoms with van der Waals surface area (Å²) in [4.78, 5) is 7.61. The molecule has 1 saturated heterocycles. The minimum absolute atomic E-state index is 0.0439. The summed E-state index contributed by atoms with van der Waals surface area (Å²) in [5.74, 6) is -1.57. The van der Waals surface area contributed by atoms with Gasteiger partial charge in [0.25, 0.3) is 11.6 Å². The third-order valence-electron chi connectivity index (χ3n) is 3.29. The van der Waals surface area contributed by atoms with Crippen molar-refractivity contribution in [2.24, 2.45) is 0 Å². The molecule has 0 amide bonds. The number of thiophene rings is 1. The molecule has 0 aliphatic carbocycles. The number of nitrogens with one attached hydrogen (secondary N) is 1. The molecular formula is C12H14F2N4OS2. The van der Waals surface area contributed by atoms with Crippen molar-refractivity contribution < 1.29 is 13.3 Å². The normalized spacial score (nSPS) is 20.3. The Morgan fingerprint density at radius 3 is 3.19 bits per heavy atom. The van der Waals surface area contributed by atoms with Gasteiger partial charge >= 0.3 is 0 Å². The number of halogens is 2. The van der Waals surface area contributed by atoms with E-state index in [1.807, 2.05) is 7.05 Å². The van der Waals surface area contributed by atoms with E-state index in [-0.39, 0.29) is 6.04 Å². The summed E-state index contributed by atoms with van der Waals surface area (Å²) in [6.07, 6.45) is 0. The summed E-state index contributed by atoms with van der Waals surface area (Å²) >= 11 is 1.82. The molecule has 1 unspecified atom stereocenters. The van der Waals surface area contributed by atoms with E-state index < -0.39 is 5.76 Å². The molecule has 1 aliphatic heterocycles. The van der Waals surface area contributed by atoms with Crippen molar-refractivity contribution in [1.29, 1.82) is 0 Å². The fourth-order valence-corrected chi connectivity index (χ4v) is 3.81. The fourth-order valence-electron chi connectivity index (χ4n) is 2.20. The Labute approximate surface area is 128 Å². The quantitative estimate of drug-likeness (QED) is 0.869. The summed E-state index contributed by atoms with van der Waals surface area (Å²) in [6, 6.07) is 1.69. The van der Waals surface area contributed by atoms with Crippen molar-refractivity contribution in [3.8, 4) is 10.8 Å². The molecule has 9 heteroatoms. The fraction of sp³-hybridized carbons (Fsp3) is 0.500. The molecule has 1 N–H and O–H groups in total. The molecule has 1 fully saturated rings. The van der Waals surface area contributed by atoms with Crippen molar-refractivity contribution in [2.45, 2.75) is 16.7 Å². The van der Waals surface area contributed by atoms with Crippen molar-refractivity contribution in [2.75, 3.05) is 26.7 Å². The first kappa shape index (κ1) is 14.9. The summed E-state index contributed by atoms with van der Waals surface area (Å²) < 4.78 is 30.3. The van der Waals surface area contributed by atoms with Crippen LogP contribution in [0.2, 0.25) is 0 Å². The van der Waals surface area contributed by atoms with Crippen LogP contribution in [0.4, 0.5) is 8.78 Å². The van der Waals surface area contributed by atoms with Gasteiger partial charge in [0.2, 0.25) is 0 Å². The number of hydrogen-bond acceptors (Lipinski definition) is 7. The number of hydrogen-bond donors (Lipinski definition) is 1. The molecule has 0 bridgehead atoms. The number of likely N-dealkylation sites (N-methyl/N-ethyl adjacent to an activating group) is 1. The Balaban J connectivity index is 1.83. The lowest BCUT2D eigenvalue weighted by Crippen LogP contribution is -2.44. The number of nitrogens with zero attached hydrogens (tertiary/aromatic N) is 3. The molecule has 114 valence electrons. The minimum Gasteiger partial charge on any atom is -0.333 e. The highest BCUT2D eigenvalue weighted by Gasteiger charge is 2.26. The Kier molecular flexibility index (Phi) is 4.53. The van der Waals surface area contributed by atoms with E-state index in [9.17, 15) is 8.78 Å². The van der Waals surface area contributed by atoms with E-state index in [2.05, 4.69) is 20.4 Å². The number of alkyl halides is 2. The summed E-state index contributed by atoms with van der Waals surface area (Å²) in [5.41, 5.74) is 0. The first-order chi connectivity index (χ1) is 10.1. The van der Waals surface area contributed by atoms with Crippen LogP contribution in [-0.2, 0) is 0 Å². The van der Waals surface area contributed by atoms with Crippen molar-refractivity contribution >= 4 is 23.1 Å². The molecule has 1 atom stereocenters. The molecule has 0 saturated carbocycles. The van der Waals surface area contributed by atoms with Crippen molar-refractivity contribution in [3.63, 3.8) is 0 Å². The van der Waals surface area contributed by atoms with Gasteiger partial charge in [0.1, 0.15) is 4.88 Å². The van der Waals surface area contributed by atoms with Crippen LogP contribution in [0.25, 0.3) is 10.8 Å². The van der Waals surface area contributed by atoms with E-state index >= 15 is 0 Å². The van der Waals surface area contributed by atoms with Gasteiger partial charge in [0, 0.05) is 24.5 Å². The molecule has 2 aromatic rings. The second kappa shape index (κ2) is 6.39. The second-order valence-electron chi connectivity index (χ2n) is 4.65. The molecule has 0 spiro atoms. The predicted octanol–water partition coefficient (Wildman–Crippen LogP) is 2.69. The molecule has 0 aromatic carbocycles. The van der Waals surface area contributed by atoms with Gasteiger partial charge in [0.15, 0.2) is 5.82 Å². The topological polar surface area (TPSA) is 54.2 Å². The third kappa shape index (κ3) is 3.25. The van der Waals surface area contributed by atoms with Crippen molar-refractivity contribution in [1.82, 2.24) is 20.4 Å². The van der Waals surface area contributed by atoms with E-state index in [1.165, 1.54) is 11.3 Å². The van der Waals surface area contributed by atoms with Gasteiger partial charge in [0.05, 0.1) is 6.04 Å². The molecular weight excluding hydrogens is 318 g/mol. The Hall–Kier alpha value is -1.03. The first-order valence-corrected chi connectivity index (χ1v) is 8.18. The second-order valence-corrected chi connectivity index (χ2v) is 6.60. The third-order valence-corrected chi connectivity index (χ3v) is 5.09. The van der Waals surface area contributed by atoms with Gasteiger partial charge < -0.3 is 9.84 Å². The molecule has 3 heterocycles. The SMILES string of the molecule is CN1CCNCC1c1noc(-c2sccc2SC(F)F)n1. The van der Waals surface area contributed by atoms with Crippen LogP contribution >= 0.6 is 23.1 Å². The number of thioether (sulfide) groups is 1. The van der Waals surface area contributed by atoms with Crippen molar-refractivity contribution in [3.05, 3.63) is 17.3 Å². The lowest BCUT2D eigenvalue weighted by molar-refractivity contribution is 0.190. The average molecular weight is 332 g/mol. The van der Waals surface area contributed by atoms with Crippen LogP contribution < -0.4 is 5.32 Å². The number of piperazine rings is 1. The van der Waals surface area contributed by atoms with Gasteiger partial charge in [-0.3, -0.25) is 4.90 Å². The smallest absolute Gasteiger partial charge is 0.288 e. The summed E-state index contributed by atoms with van der Waals surface area (Å²) in [6.45, 7) is 2.58. The van der Waals surface area contributed by atoms with E-state index in [0.717, 1.165) is 19.6 Å². The standard InChI is InChI=1S/C12H14F2N4OS2/c1-18-4-3-15-6-7(18)10-16-11(19-17-10)9-8(2-5-20-9)21-12(13)14/h2,5,7,12,15H,3-4,6H2,1H3. The van der Waals surface area contributed by atoms with E-state index in [1.54, 1.807) is 11.4 Å².